The van der Waals surface area contributed by atoms with Crippen LogP contribution in [0.5, 0.6) is 0 Å². The first-order valence-corrected chi connectivity index (χ1v) is 13.5. The van der Waals surface area contributed by atoms with E-state index in [1.807, 2.05) is 30.3 Å². The van der Waals surface area contributed by atoms with Crippen LogP contribution in [0.2, 0.25) is 0 Å². The molecule has 1 aliphatic heterocycles. The fourth-order valence-corrected chi connectivity index (χ4v) is 6.28. The fraction of sp³-hybridized carbons (Fsp3) is 0. The largest absolute Gasteiger partial charge is 0.278 e. The minimum absolute atomic E-state index is 0.519. The minimum atomic E-state index is 0.519. The van der Waals surface area contributed by atoms with Gasteiger partial charge >= 0.3 is 0 Å². The number of rotatable bonds is 3. The summed E-state index contributed by atoms with van der Waals surface area (Å²) in [6, 6.07) is 39.3. The molecule has 0 bridgehead atoms. The van der Waals surface area contributed by atoms with E-state index in [1.54, 1.807) is 18.0 Å². The highest BCUT2D eigenvalue weighted by Gasteiger charge is 2.28. The van der Waals surface area contributed by atoms with Crippen molar-refractivity contribution in [1.82, 2.24) is 24.5 Å². The molecule has 0 spiro atoms. The second kappa shape index (κ2) is 8.79. The maximum atomic E-state index is 5.15. The summed E-state index contributed by atoms with van der Waals surface area (Å²) in [5, 5.41) is 2.30. The standard InChI is InChI=1S/C32H20N6S/c1-3-14-24-21(11-1)22-12-2-4-15-25(22)37(24)31-34-30(23-13-9-10-20-33-23)35-32(36-31)38-26-16-5-7-18-28(26)39-29-19-8-6-17-27(29)38/h1-20H. The minimum Gasteiger partial charge on any atom is -0.278 e. The molecule has 1 aliphatic rings. The van der Waals surface area contributed by atoms with Crippen molar-refractivity contribution < 1.29 is 0 Å². The molecule has 0 radical (unpaired) electrons. The van der Waals surface area contributed by atoms with Gasteiger partial charge in [-0.15, -0.1) is 0 Å². The van der Waals surface area contributed by atoms with E-state index < -0.39 is 0 Å². The number of para-hydroxylation sites is 4. The molecule has 7 heteroatoms. The zero-order valence-corrected chi connectivity index (χ0v) is 21.5. The second-order valence-electron chi connectivity index (χ2n) is 9.22. The molecule has 0 saturated carbocycles. The average molecular weight is 521 g/mol. The van der Waals surface area contributed by atoms with Crippen LogP contribution in [0.25, 0.3) is 39.3 Å². The third-order valence-electron chi connectivity index (χ3n) is 6.92. The lowest BCUT2D eigenvalue weighted by atomic mass is 10.2. The summed E-state index contributed by atoms with van der Waals surface area (Å²) < 4.78 is 2.12. The van der Waals surface area contributed by atoms with E-state index in [0.29, 0.717) is 23.4 Å². The zero-order valence-electron chi connectivity index (χ0n) is 20.6. The topological polar surface area (TPSA) is 59.7 Å². The number of nitrogens with zero attached hydrogens (tertiary/aromatic N) is 6. The summed E-state index contributed by atoms with van der Waals surface area (Å²) in [6.45, 7) is 0. The van der Waals surface area contributed by atoms with Crippen LogP contribution in [0.4, 0.5) is 17.3 Å². The van der Waals surface area contributed by atoms with E-state index in [9.17, 15) is 0 Å². The first-order chi connectivity index (χ1) is 19.3. The van der Waals surface area contributed by atoms with Crippen molar-refractivity contribution in [2.24, 2.45) is 0 Å². The molecule has 7 aromatic rings. The van der Waals surface area contributed by atoms with Crippen LogP contribution in [0.3, 0.4) is 0 Å². The molecule has 4 heterocycles. The maximum Gasteiger partial charge on any atom is 0.240 e. The fourth-order valence-electron chi connectivity index (χ4n) is 5.22. The van der Waals surface area contributed by atoms with E-state index in [0.717, 1.165) is 43.0 Å². The summed E-state index contributed by atoms with van der Waals surface area (Å²) in [5.74, 6) is 1.61. The van der Waals surface area contributed by atoms with Crippen LogP contribution in [0.15, 0.2) is 131 Å². The van der Waals surface area contributed by atoms with Crippen LogP contribution in [-0.2, 0) is 0 Å². The Balaban J connectivity index is 1.45. The Morgan fingerprint density at radius 1 is 0.513 bits per heavy atom. The Bertz CT molecular complexity index is 1920. The molecule has 0 amide bonds. The van der Waals surface area contributed by atoms with Gasteiger partial charge in [-0.1, -0.05) is 78.5 Å². The molecule has 184 valence electrons. The van der Waals surface area contributed by atoms with Gasteiger partial charge in [0.25, 0.3) is 0 Å². The number of fused-ring (bicyclic) bond motifs is 5. The number of pyridine rings is 1. The molecule has 0 unspecified atom stereocenters. The smallest absolute Gasteiger partial charge is 0.240 e. The monoisotopic (exact) mass is 520 g/mol. The van der Waals surface area contributed by atoms with E-state index in [1.165, 1.54) is 0 Å². The number of hydrogen-bond donors (Lipinski definition) is 0. The summed E-state index contributed by atoms with van der Waals surface area (Å²) in [6.07, 6.45) is 1.76. The SMILES string of the molecule is c1ccc(-c2nc(N3c4ccccc4Sc4ccccc43)nc(-n3c4ccccc4c4ccccc43)n2)nc1. The molecule has 8 rings (SSSR count). The molecule has 0 atom stereocenters. The summed E-state index contributed by atoms with van der Waals surface area (Å²) in [7, 11) is 0. The zero-order chi connectivity index (χ0) is 25.8. The Morgan fingerprint density at radius 2 is 1.08 bits per heavy atom. The highest BCUT2D eigenvalue weighted by atomic mass is 32.2. The highest BCUT2D eigenvalue weighted by Crippen LogP contribution is 2.50. The van der Waals surface area contributed by atoms with Crippen molar-refractivity contribution in [3.8, 4) is 17.5 Å². The van der Waals surface area contributed by atoms with Gasteiger partial charge in [0, 0.05) is 26.8 Å². The Kier molecular flexibility index (Phi) is 4.96. The van der Waals surface area contributed by atoms with Crippen LogP contribution >= 0.6 is 11.8 Å². The number of aromatic nitrogens is 5. The van der Waals surface area contributed by atoms with Gasteiger partial charge in [-0.05, 0) is 48.5 Å². The maximum absolute atomic E-state index is 5.15. The second-order valence-corrected chi connectivity index (χ2v) is 10.3. The molecular weight excluding hydrogens is 500 g/mol. The third kappa shape index (κ3) is 3.51. The average Bonchev–Trinajstić information content (AvgIpc) is 3.34. The molecule has 39 heavy (non-hydrogen) atoms. The first kappa shape index (κ1) is 22.0. The quantitative estimate of drug-likeness (QED) is 0.235. The van der Waals surface area contributed by atoms with E-state index in [4.69, 9.17) is 15.0 Å². The van der Waals surface area contributed by atoms with Crippen LogP contribution in [-0.4, -0.2) is 24.5 Å². The van der Waals surface area contributed by atoms with Gasteiger partial charge in [0.05, 0.1) is 22.4 Å². The molecule has 6 nitrogen and oxygen atoms in total. The van der Waals surface area contributed by atoms with Gasteiger partial charge in [0.2, 0.25) is 11.9 Å². The van der Waals surface area contributed by atoms with Crippen molar-refractivity contribution >= 4 is 50.9 Å². The lowest BCUT2D eigenvalue weighted by molar-refractivity contribution is 0.922. The molecule has 0 aliphatic carbocycles. The van der Waals surface area contributed by atoms with Crippen molar-refractivity contribution in [1.29, 1.82) is 0 Å². The van der Waals surface area contributed by atoms with E-state index in [2.05, 4.69) is 99.4 Å². The van der Waals surface area contributed by atoms with Crippen molar-refractivity contribution in [3.05, 3.63) is 121 Å². The number of hydrogen-bond acceptors (Lipinski definition) is 6. The normalized spacial score (nSPS) is 12.5. The van der Waals surface area contributed by atoms with Crippen LogP contribution < -0.4 is 4.90 Å². The first-order valence-electron chi connectivity index (χ1n) is 12.7. The molecule has 0 saturated heterocycles. The summed E-state index contributed by atoms with van der Waals surface area (Å²) >= 11 is 1.76. The summed E-state index contributed by atoms with van der Waals surface area (Å²) in [4.78, 5) is 24.2. The van der Waals surface area contributed by atoms with Gasteiger partial charge in [-0.2, -0.15) is 15.0 Å². The highest BCUT2D eigenvalue weighted by molar-refractivity contribution is 7.99. The van der Waals surface area contributed by atoms with Crippen LogP contribution in [0.1, 0.15) is 0 Å². The lowest BCUT2D eigenvalue weighted by Gasteiger charge is -2.31. The van der Waals surface area contributed by atoms with Gasteiger partial charge in [0.15, 0.2) is 5.82 Å². The molecule has 4 aromatic carbocycles. The Hall–Kier alpha value is -5.01. The van der Waals surface area contributed by atoms with Gasteiger partial charge in [0.1, 0.15) is 5.69 Å². The Labute approximate surface area is 228 Å². The third-order valence-corrected chi connectivity index (χ3v) is 8.05. The molecule has 3 aromatic heterocycles. The van der Waals surface area contributed by atoms with E-state index in [-0.39, 0.29) is 0 Å². The summed E-state index contributed by atoms with van der Waals surface area (Å²) in [5.41, 5.74) is 4.84. The number of benzene rings is 4. The van der Waals surface area contributed by atoms with Gasteiger partial charge < -0.3 is 0 Å². The van der Waals surface area contributed by atoms with E-state index >= 15 is 0 Å². The number of anilines is 3. The van der Waals surface area contributed by atoms with Crippen molar-refractivity contribution in [2.75, 3.05) is 4.90 Å². The van der Waals surface area contributed by atoms with Gasteiger partial charge in [-0.3, -0.25) is 14.5 Å². The predicted molar refractivity (Wildman–Crippen MR) is 156 cm³/mol. The van der Waals surface area contributed by atoms with Crippen molar-refractivity contribution in [2.45, 2.75) is 9.79 Å². The molecule has 0 fully saturated rings. The molecule has 0 N–H and O–H groups in total. The lowest BCUT2D eigenvalue weighted by Crippen LogP contribution is -2.19. The Morgan fingerprint density at radius 3 is 1.72 bits per heavy atom. The predicted octanol–water partition coefficient (Wildman–Crippen LogP) is 7.97. The van der Waals surface area contributed by atoms with Crippen molar-refractivity contribution in [3.63, 3.8) is 0 Å². The molecular formula is C32H20N6S. The van der Waals surface area contributed by atoms with Gasteiger partial charge in [-0.25, -0.2) is 0 Å². The van der Waals surface area contributed by atoms with Crippen LogP contribution in [0, 0.1) is 0 Å².